The monoisotopic (exact) mass is 307 g/mol. The first-order valence-corrected chi connectivity index (χ1v) is 6.79. The number of ether oxygens (including phenoxy) is 1. The number of aliphatic hydroxyl groups excluding tert-OH is 1. The van der Waals surface area contributed by atoms with Gasteiger partial charge in [-0.2, -0.15) is 0 Å². The lowest BCUT2D eigenvalue weighted by Gasteiger charge is -2.09. The Kier molecular flexibility index (Phi) is 4.95. The summed E-state index contributed by atoms with van der Waals surface area (Å²) in [4.78, 5) is 0.318. The summed E-state index contributed by atoms with van der Waals surface area (Å²) in [5.74, 6) is 0.719. The van der Waals surface area contributed by atoms with E-state index in [-0.39, 0.29) is 6.61 Å². The molecule has 0 saturated heterocycles. The molecule has 5 heteroatoms. The topological polar surface area (TPSA) is 55.5 Å². The predicted molar refractivity (Wildman–Crippen MR) is 84.0 cm³/mol. The molecule has 104 valence electrons. The summed E-state index contributed by atoms with van der Waals surface area (Å²) in [5, 5.41) is 9.54. The molecule has 0 aromatic heterocycles. The third-order valence-corrected chi connectivity index (χ3v) is 3.43. The van der Waals surface area contributed by atoms with Crippen LogP contribution in [0.3, 0.4) is 0 Å². The fourth-order valence-electron chi connectivity index (χ4n) is 1.67. The van der Waals surface area contributed by atoms with Gasteiger partial charge >= 0.3 is 0 Å². The van der Waals surface area contributed by atoms with Crippen LogP contribution in [-0.2, 0) is 13.2 Å². The average Bonchev–Trinajstić information content (AvgIpc) is 2.46. The minimum atomic E-state index is 0.0204. The Balaban J connectivity index is 2.04. The highest BCUT2D eigenvalue weighted by Crippen LogP contribution is 2.21. The highest BCUT2D eigenvalue weighted by molar-refractivity contribution is 7.80. The third kappa shape index (κ3) is 3.70. The van der Waals surface area contributed by atoms with Crippen molar-refractivity contribution in [2.45, 2.75) is 13.2 Å². The van der Waals surface area contributed by atoms with Crippen molar-refractivity contribution in [3.05, 3.63) is 64.2 Å². The molecule has 2 rings (SSSR count). The summed E-state index contributed by atoms with van der Waals surface area (Å²) in [5.41, 5.74) is 7.99. The Hall–Kier alpha value is -1.62. The highest BCUT2D eigenvalue weighted by Gasteiger charge is 2.05. The fraction of sp³-hybridized carbons (Fsp3) is 0.133. The van der Waals surface area contributed by atoms with E-state index in [0.717, 1.165) is 22.4 Å². The van der Waals surface area contributed by atoms with E-state index in [1.54, 1.807) is 6.07 Å². The molecule has 0 fully saturated rings. The second-order valence-corrected chi connectivity index (χ2v) is 5.11. The molecule has 0 bridgehead atoms. The smallest absolute Gasteiger partial charge is 0.119 e. The molecule has 2 aromatic carbocycles. The van der Waals surface area contributed by atoms with Gasteiger partial charge in [-0.1, -0.05) is 48.1 Å². The Bertz CT molecular complexity index is 614. The van der Waals surface area contributed by atoms with Gasteiger partial charge in [-0.3, -0.25) is 0 Å². The number of hydrogen-bond donors (Lipinski definition) is 2. The molecular formula is C15H14ClNO2S. The molecule has 20 heavy (non-hydrogen) atoms. The van der Waals surface area contributed by atoms with E-state index < -0.39 is 0 Å². The van der Waals surface area contributed by atoms with Crippen LogP contribution in [0.15, 0.2) is 42.5 Å². The number of halogens is 1. The Morgan fingerprint density at radius 1 is 1.20 bits per heavy atom. The van der Waals surface area contributed by atoms with Crippen LogP contribution in [0.2, 0.25) is 5.02 Å². The molecule has 0 unspecified atom stereocenters. The van der Waals surface area contributed by atoms with E-state index in [1.165, 1.54) is 0 Å². The molecule has 3 N–H and O–H groups in total. The predicted octanol–water partition coefficient (Wildman–Crippen LogP) is 3.05. The van der Waals surface area contributed by atoms with Gasteiger partial charge < -0.3 is 15.6 Å². The van der Waals surface area contributed by atoms with Crippen molar-refractivity contribution in [1.29, 1.82) is 0 Å². The second kappa shape index (κ2) is 6.70. The summed E-state index contributed by atoms with van der Waals surface area (Å²) in [6.45, 7) is 0.376. The van der Waals surface area contributed by atoms with Crippen LogP contribution in [0, 0.1) is 0 Å². The maximum Gasteiger partial charge on any atom is 0.119 e. The molecule has 0 radical (unpaired) electrons. The van der Waals surface area contributed by atoms with Gasteiger partial charge in [-0.15, -0.1) is 0 Å². The van der Waals surface area contributed by atoms with Crippen molar-refractivity contribution in [3.8, 4) is 5.75 Å². The van der Waals surface area contributed by atoms with Crippen LogP contribution in [0.25, 0.3) is 0 Å². The Morgan fingerprint density at radius 2 is 1.90 bits per heavy atom. The van der Waals surface area contributed by atoms with Gasteiger partial charge in [0.25, 0.3) is 0 Å². The highest BCUT2D eigenvalue weighted by atomic mass is 35.5. The molecule has 0 saturated carbocycles. The molecule has 0 amide bonds. The van der Waals surface area contributed by atoms with Crippen molar-refractivity contribution in [2.24, 2.45) is 5.73 Å². The van der Waals surface area contributed by atoms with Crippen LogP contribution in [-0.4, -0.2) is 10.1 Å². The molecule has 3 nitrogen and oxygen atoms in total. The molecule has 0 spiro atoms. The summed E-state index contributed by atoms with van der Waals surface area (Å²) >= 11 is 11.1. The van der Waals surface area contributed by atoms with E-state index in [9.17, 15) is 0 Å². The van der Waals surface area contributed by atoms with Crippen LogP contribution >= 0.6 is 23.8 Å². The number of benzene rings is 2. The van der Waals surface area contributed by atoms with E-state index in [4.69, 9.17) is 39.4 Å². The lowest BCUT2D eigenvalue weighted by atomic mass is 10.1. The van der Waals surface area contributed by atoms with E-state index >= 15 is 0 Å². The first-order chi connectivity index (χ1) is 9.60. The summed E-state index contributed by atoms with van der Waals surface area (Å²) in [7, 11) is 0. The fourth-order valence-corrected chi connectivity index (χ4v) is 2.03. The quantitative estimate of drug-likeness (QED) is 0.834. The van der Waals surface area contributed by atoms with Crippen LogP contribution in [0.1, 0.15) is 16.7 Å². The lowest BCUT2D eigenvalue weighted by molar-refractivity contribution is 0.280. The van der Waals surface area contributed by atoms with Gasteiger partial charge in [0, 0.05) is 16.1 Å². The summed E-state index contributed by atoms with van der Waals surface area (Å²) in [6, 6.07) is 12.6. The Labute approximate surface area is 127 Å². The number of hydrogen-bond acceptors (Lipinski definition) is 3. The van der Waals surface area contributed by atoms with Gasteiger partial charge in [0.2, 0.25) is 0 Å². The standard InChI is InChI=1S/C15H14ClNO2S/c16-14-7-11(15(17)20)3-4-12(14)9-19-13-5-1-10(8-18)2-6-13/h1-7,18H,8-9H2,(H2,17,20). The van der Waals surface area contributed by atoms with Crippen LogP contribution in [0.5, 0.6) is 5.75 Å². The SMILES string of the molecule is NC(=S)c1ccc(COc2ccc(CO)cc2)c(Cl)c1. The number of thiocarbonyl (C=S) groups is 1. The molecule has 0 aliphatic carbocycles. The minimum Gasteiger partial charge on any atom is -0.489 e. The largest absolute Gasteiger partial charge is 0.489 e. The van der Waals surface area contributed by atoms with Gasteiger partial charge in [-0.05, 0) is 23.8 Å². The molecule has 0 aliphatic heterocycles. The maximum absolute atomic E-state index is 8.96. The molecule has 0 heterocycles. The Morgan fingerprint density at radius 3 is 2.45 bits per heavy atom. The zero-order chi connectivity index (χ0) is 14.5. The summed E-state index contributed by atoms with van der Waals surface area (Å²) in [6.07, 6.45) is 0. The van der Waals surface area contributed by atoms with Gasteiger partial charge in [0.15, 0.2) is 0 Å². The van der Waals surface area contributed by atoms with Crippen LogP contribution < -0.4 is 10.5 Å². The third-order valence-electron chi connectivity index (χ3n) is 2.84. The summed E-state index contributed by atoms with van der Waals surface area (Å²) < 4.78 is 5.64. The first kappa shape index (κ1) is 14.8. The van der Waals surface area contributed by atoms with Crippen LogP contribution in [0.4, 0.5) is 0 Å². The lowest BCUT2D eigenvalue weighted by Crippen LogP contribution is -2.09. The zero-order valence-electron chi connectivity index (χ0n) is 10.7. The number of nitrogens with two attached hydrogens (primary N) is 1. The first-order valence-electron chi connectivity index (χ1n) is 6.01. The minimum absolute atomic E-state index is 0.0204. The second-order valence-electron chi connectivity index (χ2n) is 4.26. The zero-order valence-corrected chi connectivity index (χ0v) is 12.2. The maximum atomic E-state index is 8.96. The number of rotatable bonds is 5. The van der Waals surface area contributed by atoms with Crippen molar-refractivity contribution in [3.63, 3.8) is 0 Å². The van der Waals surface area contributed by atoms with Crippen molar-refractivity contribution < 1.29 is 9.84 Å². The van der Waals surface area contributed by atoms with Crippen molar-refractivity contribution in [1.82, 2.24) is 0 Å². The number of aliphatic hydroxyl groups is 1. The molecule has 0 aliphatic rings. The van der Waals surface area contributed by atoms with E-state index in [0.29, 0.717) is 16.6 Å². The van der Waals surface area contributed by atoms with E-state index in [1.807, 2.05) is 36.4 Å². The molecular weight excluding hydrogens is 294 g/mol. The van der Waals surface area contributed by atoms with Gasteiger partial charge in [0.1, 0.15) is 17.3 Å². The average molecular weight is 308 g/mol. The van der Waals surface area contributed by atoms with Crippen molar-refractivity contribution in [2.75, 3.05) is 0 Å². The molecule has 2 aromatic rings. The molecule has 0 atom stereocenters. The normalized spacial score (nSPS) is 10.3. The van der Waals surface area contributed by atoms with Gasteiger partial charge in [-0.25, -0.2) is 0 Å². The van der Waals surface area contributed by atoms with Crippen molar-refractivity contribution >= 4 is 28.8 Å². The van der Waals surface area contributed by atoms with Gasteiger partial charge in [0.05, 0.1) is 6.61 Å². The van der Waals surface area contributed by atoms with E-state index in [2.05, 4.69) is 0 Å².